The van der Waals surface area contributed by atoms with Crippen molar-refractivity contribution in [1.29, 1.82) is 0 Å². The van der Waals surface area contributed by atoms with Crippen molar-refractivity contribution >= 4 is 21.5 Å². The van der Waals surface area contributed by atoms with E-state index in [4.69, 9.17) is 0 Å². The highest BCUT2D eigenvalue weighted by molar-refractivity contribution is 7.85. The van der Waals surface area contributed by atoms with Crippen LogP contribution < -0.4 is 9.80 Å². The van der Waals surface area contributed by atoms with Gasteiger partial charge in [-0.1, -0.05) is 36.4 Å². The normalized spacial score (nSPS) is 11.5. The summed E-state index contributed by atoms with van der Waals surface area (Å²) >= 11 is 0. The van der Waals surface area contributed by atoms with Crippen LogP contribution in [0.15, 0.2) is 77.7 Å². The molecule has 29 heavy (non-hydrogen) atoms. The fourth-order valence-electron chi connectivity index (χ4n) is 3.34. The van der Waals surface area contributed by atoms with Crippen molar-refractivity contribution in [3.63, 3.8) is 0 Å². The molecular weight excluding hydrogens is 384 g/mol. The molecule has 0 radical (unpaired) electrons. The molecule has 3 aromatic carbocycles. The number of hydrogen-bond donors (Lipinski definition) is 1. The summed E-state index contributed by atoms with van der Waals surface area (Å²) in [5.74, 6) is -0.0575. The average molecular weight is 411 g/mol. The van der Waals surface area contributed by atoms with E-state index in [0.717, 1.165) is 28.1 Å². The lowest BCUT2D eigenvalue weighted by atomic mass is 9.85. The minimum atomic E-state index is -4.22. The molecule has 0 saturated heterocycles. The lowest BCUT2D eigenvalue weighted by Gasteiger charge is -2.22. The van der Waals surface area contributed by atoms with Crippen molar-refractivity contribution < 1.29 is 13.0 Å². The molecule has 6 heteroatoms. The van der Waals surface area contributed by atoms with Crippen molar-refractivity contribution in [2.45, 2.75) is 10.8 Å². The predicted molar refractivity (Wildman–Crippen MR) is 119 cm³/mol. The lowest BCUT2D eigenvalue weighted by molar-refractivity contribution is 0.483. The van der Waals surface area contributed by atoms with E-state index in [2.05, 4.69) is 48.5 Å². The minimum absolute atomic E-state index is 0.0575. The SMILES string of the molecule is CN(C)c1ccc(C(c2ccc(N(C)C)cc2)c2ccc(S(=O)(=O)O)cc2)cc1. The van der Waals surface area contributed by atoms with Crippen molar-refractivity contribution in [3.8, 4) is 0 Å². The molecule has 0 aliphatic rings. The second kappa shape index (κ2) is 8.27. The molecule has 5 nitrogen and oxygen atoms in total. The summed E-state index contributed by atoms with van der Waals surface area (Å²) in [7, 11) is 3.79. The van der Waals surface area contributed by atoms with E-state index in [-0.39, 0.29) is 10.8 Å². The molecule has 152 valence electrons. The van der Waals surface area contributed by atoms with Gasteiger partial charge in [0.2, 0.25) is 0 Å². The van der Waals surface area contributed by atoms with Crippen LogP contribution in [0, 0.1) is 0 Å². The highest BCUT2D eigenvalue weighted by atomic mass is 32.2. The molecule has 0 aromatic heterocycles. The number of rotatable bonds is 6. The summed E-state index contributed by atoms with van der Waals surface area (Å²) in [5, 5.41) is 0. The van der Waals surface area contributed by atoms with Gasteiger partial charge < -0.3 is 9.80 Å². The van der Waals surface area contributed by atoms with E-state index < -0.39 is 10.1 Å². The van der Waals surface area contributed by atoms with Gasteiger partial charge in [0.15, 0.2) is 0 Å². The predicted octanol–water partition coefficient (Wildman–Crippen LogP) is 4.25. The van der Waals surface area contributed by atoms with Gasteiger partial charge in [0.05, 0.1) is 4.90 Å². The van der Waals surface area contributed by atoms with E-state index in [9.17, 15) is 13.0 Å². The maximum Gasteiger partial charge on any atom is 0.294 e. The molecule has 0 heterocycles. The molecule has 1 N–H and O–H groups in total. The molecule has 0 unspecified atom stereocenters. The number of hydrogen-bond acceptors (Lipinski definition) is 4. The van der Waals surface area contributed by atoms with Gasteiger partial charge in [0, 0.05) is 45.5 Å². The first kappa shape index (κ1) is 20.9. The quantitative estimate of drug-likeness (QED) is 0.486. The largest absolute Gasteiger partial charge is 0.378 e. The molecule has 0 saturated carbocycles. The molecule has 3 aromatic rings. The fraction of sp³-hybridized carbons (Fsp3) is 0.217. The van der Waals surface area contributed by atoms with Gasteiger partial charge in [-0.3, -0.25) is 4.55 Å². The zero-order valence-electron chi connectivity index (χ0n) is 17.1. The van der Waals surface area contributed by atoms with Gasteiger partial charge in [-0.05, 0) is 53.1 Å². The molecule has 0 spiro atoms. The Hall–Kier alpha value is -2.83. The molecule has 0 bridgehead atoms. The lowest BCUT2D eigenvalue weighted by Crippen LogP contribution is -2.10. The Labute approximate surface area is 173 Å². The molecule has 3 rings (SSSR count). The van der Waals surface area contributed by atoms with Crippen LogP contribution in [-0.2, 0) is 10.1 Å². The van der Waals surface area contributed by atoms with Gasteiger partial charge in [0.25, 0.3) is 10.1 Å². The van der Waals surface area contributed by atoms with Gasteiger partial charge in [-0.2, -0.15) is 8.42 Å². The third-order valence-electron chi connectivity index (χ3n) is 5.00. The van der Waals surface area contributed by atoms with Crippen molar-refractivity contribution in [2.24, 2.45) is 0 Å². The first-order valence-electron chi connectivity index (χ1n) is 9.29. The summed E-state index contributed by atoms with van der Waals surface area (Å²) in [4.78, 5) is 3.99. The van der Waals surface area contributed by atoms with Crippen LogP contribution >= 0.6 is 0 Å². The van der Waals surface area contributed by atoms with Crippen LogP contribution in [0.3, 0.4) is 0 Å². The smallest absolute Gasteiger partial charge is 0.294 e. The maximum atomic E-state index is 11.4. The van der Waals surface area contributed by atoms with Crippen LogP contribution in [0.5, 0.6) is 0 Å². The van der Waals surface area contributed by atoms with Gasteiger partial charge in [0.1, 0.15) is 0 Å². The van der Waals surface area contributed by atoms with E-state index in [1.807, 2.05) is 38.0 Å². The first-order valence-corrected chi connectivity index (χ1v) is 10.7. The Kier molecular flexibility index (Phi) is 5.96. The molecule has 0 atom stereocenters. The highest BCUT2D eigenvalue weighted by Gasteiger charge is 2.18. The van der Waals surface area contributed by atoms with Crippen LogP contribution in [0.25, 0.3) is 0 Å². The van der Waals surface area contributed by atoms with Gasteiger partial charge in [-0.15, -0.1) is 0 Å². The summed E-state index contributed by atoms with van der Waals surface area (Å²) in [6, 6.07) is 23.1. The second-order valence-electron chi connectivity index (χ2n) is 7.45. The molecule has 0 aliphatic carbocycles. The van der Waals surface area contributed by atoms with Gasteiger partial charge in [-0.25, -0.2) is 0 Å². The van der Waals surface area contributed by atoms with Crippen molar-refractivity contribution in [3.05, 3.63) is 89.5 Å². The Balaban J connectivity index is 2.08. The zero-order valence-corrected chi connectivity index (χ0v) is 17.9. The summed E-state index contributed by atoms with van der Waals surface area (Å²) < 4.78 is 32.1. The second-order valence-corrected chi connectivity index (χ2v) is 8.87. The highest BCUT2D eigenvalue weighted by Crippen LogP contribution is 2.34. The summed E-state index contributed by atoms with van der Waals surface area (Å²) in [6.45, 7) is 0. The zero-order chi connectivity index (χ0) is 21.2. The van der Waals surface area contributed by atoms with E-state index >= 15 is 0 Å². The third-order valence-corrected chi connectivity index (χ3v) is 5.86. The molecule has 0 amide bonds. The van der Waals surface area contributed by atoms with Gasteiger partial charge >= 0.3 is 0 Å². The Morgan fingerprint density at radius 3 is 1.21 bits per heavy atom. The minimum Gasteiger partial charge on any atom is -0.378 e. The standard InChI is InChI=1S/C23H26N2O3S/c1-24(2)20-11-5-17(6-12-20)23(18-7-13-21(14-8-18)25(3)4)19-9-15-22(16-10-19)29(26,27)28/h5-16,23H,1-4H3,(H,26,27,28). The fourth-order valence-corrected chi connectivity index (χ4v) is 3.82. The molecular formula is C23H26N2O3S. The first-order chi connectivity index (χ1) is 13.7. The number of benzene rings is 3. The van der Waals surface area contributed by atoms with Crippen LogP contribution in [-0.4, -0.2) is 41.2 Å². The summed E-state index contributed by atoms with van der Waals surface area (Å²) in [5.41, 5.74) is 5.38. The van der Waals surface area contributed by atoms with Crippen LogP contribution in [0.2, 0.25) is 0 Å². The Morgan fingerprint density at radius 1 is 0.621 bits per heavy atom. The maximum absolute atomic E-state index is 11.4. The number of anilines is 2. The monoisotopic (exact) mass is 410 g/mol. The summed E-state index contributed by atoms with van der Waals surface area (Å²) in [6.07, 6.45) is 0. The molecule has 0 fully saturated rings. The Morgan fingerprint density at radius 2 is 0.931 bits per heavy atom. The van der Waals surface area contributed by atoms with E-state index in [0.29, 0.717) is 0 Å². The Bertz CT molecular complexity index is 1010. The van der Waals surface area contributed by atoms with Crippen LogP contribution in [0.1, 0.15) is 22.6 Å². The van der Waals surface area contributed by atoms with E-state index in [1.54, 1.807) is 12.1 Å². The van der Waals surface area contributed by atoms with Crippen molar-refractivity contribution in [2.75, 3.05) is 38.0 Å². The average Bonchev–Trinajstić information content (AvgIpc) is 2.69. The van der Waals surface area contributed by atoms with Crippen molar-refractivity contribution in [1.82, 2.24) is 0 Å². The third kappa shape index (κ3) is 4.78. The number of nitrogens with zero attached hydrogens (tertiary/aromatic N) is 2. The topological polar surface area (TPSA) is 60.9 Å². The molecule has 0 aliphatic heterocycles. The van der Waals surface area contributed by atoms with Crippen LogP contribution in [0.4, 0.5) is 11.4 Å². The van der Waals surface area contributed by atoms with E-state index in [1.165, 1.54) is 12.1 Å².